The molecule has 0 saturated carbocycles. The van der Waals surface area contributed by atoms with Crippen LogP contribution in [0.15, 0.2) is 18.6 Å². The van der Waals surface area contributed by atoms with Gasteiger partial charge >= 0.3 is 0 Å². The van der Waals surface area contributed by atoms with Crippen LogP contribution in [0.25, 0.3) is 5.82 Å². The number of aryl methyl sites for hydroxylation is 1. The summed E-state index contributed by atoms with van der Waals surface area (Å²) < 4.78 is 1.56. The minimum Gasteiger partial charge on any atom is -0.224 e. The molecule has 2 aromatic heterocycles. The van der Waals surface area contributed by atoms with Gasteiger partial charge in [0.25, 0.3) is 0 Å². The molecule has 0 fully saturated rings. The average molecular weight is 229 g/mol. The molecule has 2 aromatic rings. The lowest BCUT2D eigenvalue weighted by molar-refractivity contribution is 0.826. The molecule has 0 unspecified atom stereocenters. The highest BCUT2D eigenvalue weighted by molar-refractivity contribution is 6.31. The highest BCUT2D eigenvalue weighted by Crippen LogP contribution is 2.15. The summed E-state index contributed by atoms with van der Waals surface area (Å²) in [7, 11) is 0. The first kappa shape index (κ1) is 9.43. The number of nitrogens with zero attached hydrogens (tertiary/aromatic N) is 4. The molecule has 0 aliphatic heterocycles. The molecule has 6 heteroatoms. The van der Waals surface area contributed by atoms with E-state index in [2.05, 4.69) is 15.1 Å². The van der Waals surface area contributed by atoms with E-state index in [9.17, 15) is 0 Å². The minimum absolute atomic E-state index is 0.374. The smallest absolute Gasteiger partial charge is 0.158 e. The first-order chi connectivity index (χ1) is 6.66. The molecular formula is C8H6Cl2N4. The standard InChI is InChI=1S/C8H6Cl2N4/c1-5-6(9)3-14(13-5)8-2-7(10)11-4-12-8/h2-4H,1H3. The zero-order valence-electron chi connectivity index (χ0n) is 7.28. The van der Waals surface area contributed by atoms with Crippen LogP contribution in [0.3, 0.4) is 0 Å². The molecule has 4 nitrogen and oxygen atoms in total. The quantitative estimate of drug-likeness (QED) is 0.704. The topological polar surface area (TPSA) is 43.6 Å². The van der Waals surface area contributed by atoms with Crippen LogP contribution < -0.4 is 0 Å². The maximum Gasteiger partial charge on any atom is 0.158 e. The van der Waals surface area contributed by atoms with E-state index in [1.807, 2.05) is 6.92 Å². The summed E-state index contributed by atoms with van der Waals surface area (Å²) >= 11 is 11.6. The largest absolute Gasteiger partial charge is 0.224 e. The summed E-state index contributed by atoms with van der Waals surface area (Å²) in [6, 6.07) is 1.62. The van der Waals surface area contributed by atoms with Crippen molar-refractivity contribution in [2.24, 2.45) is 0 Å². The lowest BCUT2D eigenvalue weighted by Crippen LogP contribution is -1.98. The number of aromatic nitrogens is 4. The second-order valence-electron chi connectivity index (χ2n) is 2.71. The fraction of sp³-hybridized carbons (Fsp3) is 0.125. The van der Waals surface area contributed by atoms with Gasteiger partial charge in [0.15, 0.2) is 5.82 Å². The maximum absolute atomic E-state index is 5.86. The summed E-state index contributed by atoms with van der Waals surface area (Å²) in [5.41, 5.74) is 0.751. The third kappa shape index (κ3) is 1.71. The van der Waals surface area contributed by atoms with Crippen LogP contribution in [0.5, 0.6) is 0 Å². The Morgan fingerprint density at radius 2 is 2.07 bits per heavy atom. The molecule has 0 N–H and O–H groups in total. The average Bonchev–Trinajstić information content (AvgIpc) is 2.47. The number of rotatable bonds is 1. The summed E-state index contributed by atoms with van der Waals surface area (Å²) in [4.78, 5) is 7.79. The molecule has 0 radical (unpaired) electrons. The molecule has 0 aliphatic rings. The Hall–Kier alpha value is -1.13. The molecule has 0 spiro atoms. The Morgan fingerprint density at radius 1 is 1.29 bits per heavy atom. The van der Waals surface area contributed by atoms with Gasteiger partial charge in [0.2, 0.25) is 0 Å². The van der Waals surface area contributed by atoms with Crippen LogP contribution >= 0.6 is 23.2 Å². The zero-order chi connectivity index (χ0) is 10.1. The Balaban J connectivity index is 2.49. The van der Waals surface area contributed by atoms with Crippen molar-refractivity contribution in [1.29, 1.82) is 0 Å². The fourth-order valence-electron chi connectivity index (χ4n) is 1.01. The van der Waals surface area contributed by atoms with E-state index in [4.69, 9.17) is 23.2 Å². The zero-order valence-corrected chi connectivity index (χ0v) is 8.79. The lowest BCUT2D eigenvalue weighted by atomic mass is 10.5. The molecule has 14 heavy (non-hydrogen) atoms. The minimum atomic E-state index is 0.374. The van der Waals surface area contributed by atoms with Crippen LogP contribution in [0.1, 0.15) is 5.69 Å². The van der Waals surface area contributed by atoms with Crippen LogP contribution in [-0.4, -0.2) is 19.7 Å². The van der Waals surface area contributed by atoms with Gasteiger partial charge < -0.3 is 0 Å². The summed E-state index contributed by atoms with van der Waals surface area (Å²) in [6.45, 7) is 1.82. The van der Waals surface area contributed by atoms with Gasteiger partial charge in [0.05, 0.1) is 16.9 Å². The van der Waals surface area contributed by atoms with Crippen molar-refractivity contribution in [2.75, 3.05) is 0 Å². The predicted molar refractivity (Wildman–Crippen MR) is 53.9 cm³/mol. The second kappa shape index (κ2) is 3.55. The lowest BCUT2D eigenvalue weighted by Gasteiger charge is -1.98. The molecule has 0 aromatic carbocycles. The van der Waals surface area contributed by atoms with Gasteiger partial charge in [0, 0.05) is 6.07 Å². The highest BCUT2D eigenvalue weighted by atomic mass is 35.5. The molecule has 2 heterocycles. The molecule has 0 atom stereocenters. The number of halogens is 2. The normalized spacial score (nSPS) is 10.5. The first-order valence-electron chi connectivity index (χ1n) is 3.86. The Morgan fingerprint density at radius 3 is 2.64 bits per heavy atom. The van der Waals surface area contributed by atoms with Crippen molar-refractivity contribution in [1.82, 2.24) is 19.7 Å². The van der Waals surface area contributed by atoms with E-state index in [1.54, 1.807) is 16.9 Å². The van der Waals surface area contributed by atoms with Crippen molar-refractivity contribution in [3.63, 3.8) is 0 Å². The third-order valence-corrected chi connectivity index (χ3v) is 2.27. The van der Waals surface area contributed by atoms with Crippen molar-refractivity contribution < 1.29 is 0 Å². The maximum atomic E-state index is 5.86. The second-order valence-corrected chi connectivity index (χ2v) is 3.50. The summed E-state index contributed by atoms with van der Waals surface area (Å²) in [5, 5.41) is 5.13. The first-order valence-corrected chi connectivity index (χ1v) is 4.62. The van der Waals surface area contributed by atoms with Crippen LogP contribution in [0.4, 0.5) is 0 Å². The Bertz CT molecular complexity index is 447. The van der Waals surface area contributed by atoms with Gasteiger partial charge in [-0.15, -0.1) is 0 Å². The van der Waals surface area contributed by atoms with Crippen LogP contribution in [0, 0.1) is 6.92 Å². The van der Waals surface area contributed by atoms with E-state index in [0.29, 0.717) is 16.0 Å². The summed E-state index contributed by atoms with van der Waals surface area (Å²) in [6.07, 6.45) is 3.05. The summed E-state index contributed by atoms with van der Waals surface area (Å²) in [5.74, 6) is 0.597. The van der Waals surface area contributed by atoms with E-state index in [-0.39, 0.29) is 0 Å². The number of hydrogen-bond donors (Lipinski definition) is 0. The molecule has 72 valence electrons. The van der Waals surface area contributed by atoms with Crippen molar-refractivity contribution in [3.8, 4) is 5.82 Å². The van der Waals surface area contributed by atoms with E-state index < -0.39 is 0 Å². The SMILES string of the molecule is Cc1nn(-c2cc(Cl)ncn2)cc1Cl. The molecule has 0 amide bonds. The van der Waals surface area contributed by atoms with Gasteiger partial charge in [0.1, 0.15) is 11.5 Å². The van der Waals surface area contributed by atoms with E-state index >= 15 is 0 Å². The third-order valence-electron chi connectivity index (χ3n) is 1.69. The van der Waals surface area contributed by atoms with Crippen LogP contribution in [0.2, 0.25) is 10.2 Å². The molecule has 2 rings (SSSR count). The highest BCUT2D eigenvalue weighted by Gasteiger charge is 2.05. The van der Waals surface area contributed by atoms with Crippen molar-refractivity contribution in [2.45, 2.75) is 6.92 Å². The molecule has 0 bridgehead atoms. The monoisotopic (exact) mass is 228 g/mol. The molecular weight excluding hydrogens is 223 g/mol. The van der Waals surface area contributed by atoms with Gasteiger partial charge in [-0.25, -0.2) is 14.6 Å². The fourth-order valence-corrected chi connectivity index (χ4v) is 1.28. The van der Waals surface area contributed by atoms with Crippen LogP contribution in [-0.2, 0) is 0 Å². The van der Waals surface area contributed by atoms with Gasteiger partial charge in [-0.2, -0.15) is 5.10 Å². The van der Waals surface area contributed by atoms with Crippen molar-refractivity contribution >= 4 is 23.2 Å². The van der Waals surface area contributed by atoms with Gasteiger partial charge in [-0.3, -0.25) is 0 Å². The van der Waals surface area contributed by atoms with E-state index in [0.717, 1.165) is 5.69 Å². The van der Waals surface area contributed by atoms with Crippen molar-refractivity contribution in [3.05, 3.63) is 34.5 Å². The predicted octanol–water partition coefficient (Wildman–Crippen LogP) is 2.28. The Labute approximate surface area is 90.5 Å². The van der Waals surface area contributed by atoms with E-state index in [1.165, 1.54) is 6.33 Å². The Kier molecular flexibility index (Phi) is 2.39. The van der Waals surface area contributed by atoms with Gasteiger partial charge in [-0.1, -0.05) is 23.2 Å². The van der Waals surface area contributed by atoms with Gasteiger partial charge in [-0.05, 0) is 6.92 Å². The number of hydrogen-bond acceptors (Lipinski definition) is 3. The molecule has 0 saturated heterocycles. The molecule has 0 aliphatic carbocycles.